The number of hydrogen-bond acceptors (Lipinski definition) is 1. The van der Waals surface area contributed by atoms with Gasteiger partial charge in [-0.2, -0.15) is 0 Å². The van der Waals surface area contributed by atoms with Crippen molar-refractivity contribution in [3.05, 3.63) is 27.8 Å². The Labute approximate surface area is 94.8 Å². The SMILES string of the molecule is CC(=O)N1CCc2c(C)c(C)cc(Cl)c21. The molecule has 2 nitrogen and oxygen atoms in total. The molecule has 0 fully saturated rings. The highest BCUT2D eigenvalue weighted by molar-refractivity contribution is 6.34. The summed E-state index contributed by atoms with van der Waals surface area (Å²) in [6.07, 6.45) is 0.919. The van der Waals surface area contributed by atoms with Crippen LogP contribution >= 0.6 is 11.6 Å². The minimum Gasteiger partial charge on any atom is -0.311 e. The Morgan fingerprint density at radius 2 is 2.13 bits per heavy atom. The van der Waals surface area contributed by atoms with E-state index in [0.717, 1.165) is 18.7 Å². The molecule has 1 heterocycles. The first-order valence-electron chi connectivity index (χ1n) is 5.09. The maximum absolute atomic E-state index is 11.4. The molecular weight excluding hydrogens is 210 g/mol. The lowest BCUT2D eigenvalue weighted by Gasteiger charge is -2.17. The number of nitrogens with zero attached hydrogens (tertiary/aromatic N) is 1. The van der Waals surface area contributed by atoms with Gasteiger partial charge < -0.3 is 4.90 Å². The van der Waals surface area contributed by atoms with Crippen molar-refractivity contribution in [2.24, 2.45) is 0 Å². The molecule has 2 rings (SSSR count). The smallest absolute Gasteiger partial charge is 0.223 e. The number of carbonyl (C=O) groups excluding carboxylic acids is 1. The van der Waals surface area contributed by atoms with Gasteiger partial charge in [-0.1, -0.05) is 11.6 Å². The van der Waals surface area contributed by atoms with E-state index in [2.05, 4.69) is 13.8 Å². The van der Waals surface area contributed by atoms with Crippen molar-refractivity contribution in [2.75, 3.05) is 11.4 Å². The zero-order valence-corrected chi connectivity index (χ0v) is 9.98. The molecule has 1 aliphatic heterocycles. The predicted octanol–water partition coefficient (Wildman–Crippen LogP) is 2.87. The number of amides is 1. The van der Waals surface area contributed by atoms with Crippen molar-refractivity contribution in [1.82, 2.24) is 0 Å². The Balaban J connectivity index is 2.63. The highest BCUT2D eigenvalue weighted by Gasteiger charge is 2.26. The van der Waals surface area contributed by atoms with E-state index in [4.69, 9.17) is 11.6 Å². The molecule has 15 heavy (non-hydrogen) atoms. The van der Waals surface area contributed by atoms with Crippen LogP contribution in [0, 0.1) is 13.8 Å². The first-order chi connectivity index (χ1) is 7.02. The molecule has 0 spiro atoms. The minimum absolute atomic E-state index is 0.0684. The summed E-state index contributed by atoms with van der Waals surface area (Å²) in [6, 6.07) is 1.94. The summed E-state index contributed by atoms with van der Waals surface area (Å²) in [6.45, 7) is 6.49. The quantitative estimate of drug-likeness (QED) is 0.662. The van der Waals surface area contributed by atoms with Crippen LogP contribution < -0.4 is 4.90 Å². The van der Waals surface area contributed by atoms with Gasteiger partial charge in [-0.3, -0.25) is 4.79 Å². The van der Waals surface area contributed by atoms with Gasteiger partial charge in [0.15, 0.2) is 0 Å². The van der Waals surface area contributed by atoms with Crippen LogP contribution in [0.15, 0.2) is 6.07 Å². The molecule has 1 aromatic rings. The molecule has 0 saturated heterocycles. The number of benzene rings is 1. The molecule has 80 valence electrons. The van der Waals surface area contributed by atoms with E-state index in [1.165, 1.54) is 16.7 Å². The van der Waals surface area contributed by atoms with Crippen LogP contribution in [0.4, 0.5) is 5.69 Å². The van der Waals surface area contributed by atoms with E-state index in [1.54, 1.807) is 11.8 Å². The van der Waals surface area contributed by atoms with E-state index < -0.39 is 0 Å². The summed E-state index contributed by atoms with van der Waals surface area (Å²) < 4.78 is 0. The standard InChI is InChI=1S/C12H14ClNO/c1-7-6-11(13)12-10(8(7)2)4-5-14(12)9(3)15/h6H,4-5H2,1-3H3. The Bertz CT molecular complexity index is 440. The van der Waals surface area contributed by atoms with Gasteiger partial charge in [0, 0.05) is 13.5 Å². The molecule has 1 amide bonds. The zero-order valence-electron chi connectivity index (χ0n) is 9.22. The third-order valence-electron chi connectivity index (χ3n) is 3.13. The molecule has 0 N–H and O–H groups in total. The molecule has 0 aromatic heterocycles. The number of anilines is 1. The van der Waals surface area contributed by atoms with Crippen molar-refractivity contribution in [3.63, 3.8) is 0 Å². The molecule has 0 aliphatic carbocycles. The van der Waals surface area contributed by atoms with Gasteiger partial charge in [0.25, 0.3) is 0 Å². The molecule has 0 bridgehead atoms. The van der Waals surface area contributed by atoms with E-state index >= 15 is 0 Å². The monoisotopic (exact) mass is 223 g/mol. The first-order valence-corrected chi connectivity index (χ1v) is 5.47. The highest BCUT2D eigenvalue weighted by Crippen LogP contribution is 2.38. The molecule has 0 saturated carbocycles. The fraction of sp³-hybridized carbons (Fsp3) is 0.417. The molecule has 0 atom stereocenters. The molecular formula is C12H14ClNO. The fourth-order valence-electron chi connectivity index (χ4n) is 2.17. The zero-order chi connectivity index (χ0) is 11.2. The van der Waals surface area contributed by atoms with E-state index in [-0.39, 0.29) is 5.91 Å². The largest absolute Gasteiger partial charge is 0.311 e. The van der Waals surface area contributed by atoms with Crippen molar-refractivity contribution in [1.29, 1.82) is 0 Å². The Kier molecular flexibility index (Phi) is 2.47. The van der Waals surface area contributed by atoms with E-state index in [0.29, 0.717) is 5.02 Å². The van der Waals surface area contributed by atoms with E-state index in [9.17, 15) is 4.79 Å². The lowest BCUT2D eigenvalue weighted by atomic mass is 10.0. The van der Waals surface area contributed by atoms with E-state index in [1.807, 2.05) is 6.07 Å². The molecule has 3 heteroatoms. The Hall–Kier alpha value is -1.02. The number of aryl methyl sites for hydroxylation is 1. The van der Waals surface area contributed by atoms with Crippen LogP contribution in [0.25, 0.3) is 0 Å². The lowest BCUT2D eigenvalue weighted by molar-refractivity contribution is -0.116. The topological polar surface area (TPSA) is 20.3 Å². The van der Waals surface area contributed by atoms with Crippen LogP contribution in [0.3, 0.4) is 0 Å². The summed E-state index contributed by atoms with van der Waals surface area (Å²) in [4.78, 5) is 13.2. The average molecular weight is 224 g/mol. The van der Waals surface area contributed by atoms with Crippen molar-refractivity contribution in [3.8, 4) is 0 Å². The lowest BCUT2D eigenvalue weighted by Crippen LogP contribution is -2.26. The number of carbonyl (C=O) groups is 1. The number of fused-ring (bicyclic) bond motifs is 1. The molecule has 1 aliphatic rings. The predicted molar refractivity (Wildman–Crippen MR) is 62.7 cm³/mol. The third kappa shape index (κ3) is 1.53. The molecule has 1 aromatic carbocycles. The van der Waals surface area contributed by atoms with Gasteiger partial charge in [0.05, 0.1) is 10.7 Å². The second-order valence-electron chi connectivity index (χ2n) is 4.05. The van der Waals surface area contributed by atoms with Crippen molar-refractivity contribution < 1.29 is 4.79 Å². The highest BCUT2D eigenvalue weighted by atomic mass is 35.5. The van der Waals surface area contributed by atoms with Crippen LogP contribution in [0.5, 0.6) is 0 Å². The van der Waals surface area contributed by atoms with Gasteiger partial charge >= 0.3 is 0 Å². The second kappa shape index (κ2) is 3.53. The summed E-state index contributed by atoms with van der Waals surface area (Å²) in [7, 11) is 0. The maximum atomic E-state index is 11.4. The summed E-state index contributed by atoms with van der Waals surface area (Å²) in [5.74, 6) is 0.0684. The number of hydrogen-bond donors (Lipinski definition) is 0. The molecule has 0 radical (unpaired) electrons. The van der Waals surface area contributed by atoms with Crippen molar-refractivity contribution >= 4 is 23.2 Å². The Morgan fingerprint density at radius 1 is 1.47 bits per heavy atom. The fourth-order valence-corrected chi connectivity index (χ4v) is 2.55. The van der Waals surface area contributed by atoms with Gasteiger partial charge in [0.2, 0.25) is 5.91 Å². The third-order valence-corrected chi connectivity index (χ3v) is 3.42. The Morgan fingerprint density at radius 3 is 2.73 bits per heavy atom. The summed E-state index contributed by atoms with van der Waals surface area (Å²) in [5.41, 5.74) is 4.62. The van der Waals surface area contributed by atoms with Crippen LogP contribution in [0.1, 0.15) is 23.6 Å². The summed E-state index contributed by atoms with van der Waals surface area (Å²) >= 11 is 6.19. The number of halogens is 1. The van der Waals surface area contributed by atoms with Crippen LogP contribution in [-0.2, 0) is 11.2 Å². The summed E-state index contributed by atoms with van der Waals surface area (Å²) in [5, 5.41) is 0.695. The number of rotatable bonds is 0. The van der Waals surface area contributed by atoms with Crippen LogP contribution in [0.2, 0.25) is 5.02 Å². The van der Waals surface area contributed by atoms with Crippen LogP contribution in [-0.4, -0.2) is 12.5 Å². The van der Waals surface area contributed by atoms with Gasteiger partial charge in [-0.05, 0) is 43.0 Å². The minimum atomic E-state index is 0.0684. The second-order valence-corrected chi connectivity index (χ2v) is 4.46. The normalized spacial score (nSPS) is 14.3. The van der Waals surface area contributed by atoms with Crippen molar-refractivity contribution in [2.45, 2.75) is 27.2 Å². The van der Waals surface area contributed by atoms with Gasteiger partial charge in [-0.15, -0.1) is 0 Å². The van der Waals surface area contributed by atoms with Gasteiger partial charge in [0.1, 0.15) is 0 Å². The van der Waals surface area contributed by atoms with Gasteiger partial charge in [-0.25, -0.2) is 0 Å². The molecule has 0 unspecified atom stereocenters. The average Bonchev–Trinajstić information content (AvgIpc) is 2.58. The first kappa shape index (κ1) is 10.5. The maximum Gasteiger partial charge on any atom is 0.223 e.